The lowest BCUT2D eigenvalue weighted by Gasteiger charge is -2.42. The van der Waals surface area contributed by atoms with Crippen molar-refractivity contribution in [3.05, 3.63) is 48.2 Å². The second-order valence-electron chi connectivity index (χ2n) is 11.1. The first-order chi connectivity index (χ1) is 18.6. The minimum Gasteiger partial charge on any atom is -0.390 e. The molecule has 0 saturated heterocycles. The van der Waals surface area contributed by atoms with E-state index in [1.54, 1.807) is 0 Å². The van der Waals surface area contributed by atoms with Crippen LogP contribution in [-0.2, 0) is 12.6 Å². The average Bonchev–Trinajstić information content (AvgIpc) is 3.54. The van der Waals surface area contributed by atoms with E-state index in [4.69, 9.17) is 5.73 Å². The van der Waals surface area contributed by atoms with Crippen molar-refractivity contribution in [2.45, 2.75) is 62.6 Å². The van der Waals surface area contributed by atoms with Gasteiger partial charge in [-0.2, -0.15) is 13.2 Å². The Morgan fingerprint density at radius 1 is 1.13 bits per heavy atom. The van der Waals surface area contributed by atoms with Crippen LogP contribution in [-0.4, -0.2) is 71.5 Å². The van der Waals surface area contributed by atoms with Crippen LogP contribution in [0.15, 0.2) is 36.8 Å². The maximum Gasteiger partial charge on any atom is 0.416 e. The lowest BCUT2D eigenvalue weighted by atomic mass is 9.76. The van der Waals surface area contributed by atoms with Crippen LogP contribution in [0, 0.1) is 11.8 Å². The number of fused-ring (bicyclic) bond motifs is 2. The van der Waals surface area contributed by atoms with Gasteiger partial charge in [0, 0.05) is 31.1 Å². The molecule has 2 fully saturated rings. The molecule has 2 aliphatic rings. The lowest BCUT2D eigenvalue weighted by molar-refractivity contribution is -0.137. The van der Waals surface area contributed by atoms with Crippen molar-refractivity contribution >= 4 is 27.9 Å². The van der Waals surface area contributed by atoms with E-state index in [1.165, 1.54) is 12.4 Å². The standard InChI is InChI=1S/C27H32F3N7O2/c1-36(12-15-10-21(24(39)23(15)38)37-7-6-18-25(31)32-13-33-26(18)37)17-8-14(9-17)2-5-22-34-19-4-3-16(27(28,29)30)11-20(19)35-22/h3-4,6-7,11,13-15,17,21,23-24,38-39H,2,5,8-10,12H2,1H3,(H,34,35)(H2,31,32,33)/t14-,15?,17-,21-,23-,24+/m1/s1. The zero-order valence-electron chi connectivity index (χ0n) is 21.5. The van der Waals surface area contributed by atoms with Gasteiger partial charge in [0.2, 0.25) is 0 Å². The van der Waals surface area contributed by atoms with E-state index < -0.39 is 23.9 Å². The topological polar surface area (TPSA) is 129 Å². The van der Waals surface area contributed by atoms with E-state index in [-0.39, 0.29) is 12.0 Å². The molecular formula is C27H32F3N7O2. The average molecular weight is 544 g/mol. The molecule has 12 heteroatoms. The number of nitrogen functional groups attached to an aromatic ring is 1. The van der Waals surface area contributed by atoms with E-state index in [0.29, 0.717) is 59.7 Å². The van der Waals surface area contributed by atoms with Crippen LogP contribution in [0.5, 0.6) is 0 Å². The van der Waals surface area contributed by atoms with E-state index in [1.807, 2.05) is 16.8 Å². The monoisotopic (exact) mass is 543 g/mol. The van der Waals surface area contributed by atoms with Gasteiger partial charge in [0.15, 0.2) is 0 Å². The minimum absolute atomic E-state index is 0.0807. The Balaban J connectivity index is 1.01. The first kappa shape index (κ1) is 26.0. The highest BCUT2D eigenvalue weighted by atomic mass is 19.4. The van der Waals surface area contributed by atoms with Crippen LogP contribution in [0.1, 0.15) is 43.1 Å². The number of rotatable bonds is 7. The van der Waals surface area contributed by atoms with Crippen molar-refractivity contribution in [1.29, 1.82) is 0 Å². The Morgan fingerprint density at radius 3 is 2.69 bits per heavy atom. The second kappa shape index (κ2) is 9.76. The van der Waals surface area contributed by atoms with Gasteiger partial charge in [0.1, 0.15) is 29.7 Å². The van der Waals surface area contributed by atoms with Gasteiger partial charge in [-0.05, 0) is 62.9 Å². The van der Waals surface area contributed by atoms with E-state index in [9.17, 15) is 23.4 Å². The van der Waals surface area contributed by atoms with Gasteiger partial charge < -0.3 is 30.4 Å². The normalized spacial score (nSPS) is 27.6. The third-order valence-electron chi connectivity index (χ3n) is 8.67. The van der Waals surface area contributed by atoms with Crippen LogP contribution < -0.4 is 5.73 Å². The molecule has 2 saturated carbocycles. The highest BCUT2D eigenvalue weighted by Crippen LogP contribution is 2.40. The minimum atomic E-state index is -4.38. The second-order valence-corrected chi connectivity index (χ2v) is 11.1. The molecule has 4 atom stereocenters. The van der Waals surface area contributed by atoms with Crippen LogP contribution in [0.25, 0.3) is 22.1 Å². The SMILES string of the molecule is CN(CC1C[C@@H](n2ccc3c(N)ncnc32)[C@H](O)[C@@H]1O)[C@H]1C[C@H](CCc2nc3cc(C(F)(F)F)ccc3[nH]2)C1. The molecule has 6 rings (SSSR count). The number of aliphatic hydroxyl groups is 2. The molecule has 2 aliphatic carbocycles. The summed E-state index contributed by atoms with van der Waals surface area (Å²) in [4.78, 5) is 18.1. The molecule has 3 aromatic heterocycles. The number of nitrogens with zero attached hydrogens (tertiary/aromatic N) is 5. The highest BCUT2D eigenvalue weighted by molar-refractivity contribution is 5.86. The fourth-order valence-corrected chi connectivity index (χ4v) is 6.32. The van der Waals surface area contributed by atoms with E-state index in [0.717, 1.165) is 36.8 Å². The number of nitrogens with one attached hydrogen (secondary N) is 1. The number of aryl methyl sites for hydroxylation is 1. The quantitative estimate of drug-likeness (QED) is 0.281. The molecule has 208 valence electrons. The van der Waals surface area contributed by atoms with Gasteiger partial charge in [-0.3, -0.25) is 0 Å². The first-order valence-corrected chi connectivity index (χ1v) is 13.3. The molecule has 1 aromatic carbocycles. The Kier molecular flexibility index (Phi) is 6.51. The smallest absolute Gasteiger partial charge is 0.390 e. The van der Waals surface area contributed by atoms with E-state index >= 15 is 0 Å². The van der Waals surface area contributed by atoms with Crippen LogP contribution in [0.3, 0.4) is 0 Å². The Hall–Kier alpha value is -3.22. The number of benzene rings is 1. The number of hydrogen-bond donors (Lipinski definition) is 4. The Morgan fingerprint density at radius 2 is 1.92 bits per heavy atom. The third-order valence-corrected chi connectivity index (χ3v) is 8.67. The molecule has 1 unspecified atom stereocenters. The number of hydrogen-bond acceptors (Lipinski definition) is 7. The Bertz CT molecular complexity index is 1480. The van der Waals surface area contributed by atoms with Gasteiger partial charge >= 0.3 is 6.18 Å². The lowest BCUT2D eigenvalue weighted by Crippen LogP contribution is -2.46. The van der Waals surface area contributed by atoms with Crippen molar-refractivity contribution in [3.8, 4) is 0 Å². The predicted octanol–water partition coefficient (Wildman–Crippen LogP) is 3.53. The molecular weight excluding hydrogens is 511 g/mol. The number of anilines is 1. The molecule has 0 amide bonds. The van der Waals surface area contributed by atoms with Crippen molar-refractivity contribution in [2.24, 2.45) is 11.8 Å². The zero-order valence-corrected chi connectivity index (χ0v) is 21.5. The van der Waals surface area contributed by atoms with Crippen molar-refractivity contribution in [2.75, 3.05) is 19.3 Å². The molecule has 0 bridgehead atoms. The maximum atomic E-state index is 13.0. The van der Waals surface area contributed by atoms with Crippen LogP contribution >= 0.6 is 0 Å². The molecule has 4 aromatic rings. The summed E-state index contributed by atoms with van der Waals surface area (Å²) in [7, 11) is 2.06. The number of nitrogens with two attached hydrogens (primary N) is 1. The first-order valence-electron chi connectivity index (χ1n) is 13.3. The predicted molar refractivity (Wildman–Crippen MR) is 140 cm³/mol. The van der Waals surface area contributed by atoms with Crippen molar-refractivity contribution in [3.63, 3.8) is 0 Å². The fourth-order valence-electron chi connectivity index (χ4n) is 6.32. The fraction of sp³-hybridized carbons (Fsp3) is 0.519. The van der Waals surface area contributed by atoms with Crippen LogP contribution in [0.4, 0.5) is 19.0 Å². The largest absolute Gasteiger partial charge is 0.416 e. The molecule has 3 heterocycles. The summed E-state index contributed by atoms with van der Waals surface area (Å²) in [5.41, 5.74) is 6.87. The van der Waals surface area contributed by atoms with Gasteiger partial charge in [-0.15, -0.1) is 0 Å². The summed E-state index contributed by atoms with van der Waals surface area (Å²) in [6.07, 6.45) is 1.38. The molecule has 39 heavy (non-hydrogen) atoms. The van der Waals surface area contributed by atoms with Crippen LogP contribution in [0.2, 0.25) is 0 Å². The summed E-state index contributed by atoms with van der Waals surface area (Å²) in [5.74, 6) is 1.53. The summed E-state index contributed by atoms with van der Waals surface area (Å²) < 4.78 is 40.8. The highest BCUT2D eigenvalue weighted by Gasteiger charge is 2.44. The zero-order chi connectivity index (χ0) is 27.5. The maximum absolute atomic E-state index is 13.0. The molecule has 9 nitrogen and oxygen atoms in total. The van der Waals surface area contributed by atoms with Gasteiger partial charge in [-0.25, -0.2) is 15.0 Å². The van der Waals surface area contributed by atoms with Gasteiger partial charge in [-0.1, -0.05) is 0 Å². The molecule has 0 radical (unpaired) electrons. The van der Waals surface area contributed by atoms with Crippen molar-refractivity contribution < 1.29 is 23.4 Å². The summed E-state index contributed by atoms with van der Waals surface area (Å²) in [6.45, 7) is 0.674. The number of aromatic amines is 1. The molecule has 0 spiro atoms. The van der Waals surface area contributed by atoms with E-state index in [2.05, 4.69) is 31.9 Å². The summed E-state index contributed by atoms with van der Waals surface area (Å²) in [5, 5.41) is 22.4. The van der Waals surface area contributed by atoms with Gasteiger partial charge in [0.05, 0.1) is 34.1 Å². The Labute approximate surface area is 222 Å². The number of alkyl halides is 3. The number of aromatic nitrogens is 5. The molecule has 5 N–H and O–H groups in total. The molecule has 0 aliphatic heterocycles. The summed E-state index contributed by atoms with van der Waals surface area (Å²) >= 11 is 0. The van der Waals surface area contributed by atoms with Gasteiger partial charge in [0.25, 0.3) is 0 Å². The number of imidazole rings is 1. The number of halogens is 3. The third kappa shape index (κ3) is 4.85. The van der Waals surface area contributed by atoms with Crippen molar-refractivity contribution in [1.82, 2.24) is 29.4 Å². The number of aliphatic hydroxyl groups excluding tert-OH is 2. The summed E-state index contributed by atoms with van der Waals surface area (Å²) in [6, 6.07) is 5.53. The number of H-pyrrole nitrogens is 1.